The molecule has 0 spiro atoms. The largest absolute Gasteiger partial charge is 0.387 e. The zero-order valence-electron chi connectivity index (χ0n) is 9.96. The molecule has 6 nitrogen and oxygen atoms in total. The molecule has 0 atom stereocenters. The average molecular weight is 282 g/mol. The number of aromatic nitrogens is 2. The van der Waals surface area contributed by atoms with E-state index in [0.717, 1.165) is 6.20 Å². The van der Waals surface area contributed by atoms with Crippen LogP contribution in [-0.2, 0) is 10.0 Å². The molecule has 0 aromatic carbocycles. The van der Waals surface area contributed by atoms with Gasteiger partial charge < -0.3 is 5.32 Å². The predicted octanol–water partition coefficient (Wildman–Crippen LogP) is 1.46. The van der Waals surface area contributed by atoms with Gasteiger partial charge in [0, 0.05) is 25.6 Å². The first-order valence-corrected chi connectivity index (χ1v) is 6.77. The van der Waals surface area contributed by atoms with Gasteiger partial charge >= 0.3 is 0 Å². The van der Waals surface area contributed by atoms with Gasteiger partial charge in [0.1, 0.15) is 4.90 Å². The molecule has 0 unspecified atom stereocenters. The molecule has 2 aromatic heterocycles. The van der Waals surface area contributed by atoms with Crippen molar-refractivity contribution in [3.8, 4) is 0 Å². The second-order valence-electron chi connectivity index (χ2n) is 3.58. The summed E-state index contributed by atoms with van der Waals surface area (Å²) in [6, 6.07) is 2.75. The Morgan fingerprint density at radius 1 is 1.11 bits per heavy atom. The molecule has 100 valence electrons. The maximum Gasteiger partial charge on any atom is 0.265 e. The van der Waals surface area contributed by atoms with E-state index in [1.54, 1.807) is 7.05 Å². The Bertz CT molecular complexity index is 691. The van der Waals surface area contributed by atoms with Gasteiger partial charge in [0.2, 0.25) is 0 Å². The first-order chi connectivity index (χ1) is 9.04. The Morgan fingerprint density at radius 2 is 1.74 bits per heavy atom. The average Bonchev–Trinajstić information content (AvgIpc) is 2.41. The molecule has 0 saturated carbocycles. The Balaban J connectivity index is 2.41. The summed E-state index contributed by atoms with van der Waals surface area (Å²) < 4.78 is 39.9. The lowest BCUT2D eigenvalue weighted by Crippen LogP contribution is -2.16. The second-order valence-corrected chi connectivity index (χ2v) is 5.23. The van der Waals surface area contributed by atoms with E-state index in [4.69, 9.17) is 0 Å². The fourth-order valence-electron chi connectivity index (χ4n) is 1.46. The molecule has 2 rings (SSSR count). The molecule has 0 fully saturated rings. The second kappa shape index (κ2) is 5.19. The molecular formula is C11H11FN4O2S. The van der Waals surface area contributed by atoms with Crippen LogP contribution in [0, 0.1) is 5.82 Å². The minimum Gasteiger partial charge on any atom is -0.387 e. The van der Waals surface area contributed by atoms with Gasteiger partial charge in [-0.05, 0) is 12.1 Å². The van der Waals surface area contributed by atoms with Crippen LogP contribution in [0.3, 0.4) is 0 Å². The number of hydrogen-bond acceptors (Lipinski definition) is 5. The zero-order chi connectivity index (χ0) is 13.9. The van der Waals surface area contributed by atoms with Crippen LogP contribution in [0.15, 0.2) is 41.8 Å². The van der Waals surface area contributed by atoms with Crippen LogP contribution in [0.1, 0.15) is 0 Å². The molecular weight excluding hydrogens is 271 g/mol. The molecule has 0 radical (unpaired) electrons. The Morgan fingerprint density at radius 3 is 2.37 bits per heavy atom. The Kier molecular flexibility index (Phi) is 3.61. The highest BCUT2D eigenvalue weighted by atomic mass is 32.2. The molecule has 0 aliphatic carbocycles. The summed E-state index contributed by atoms with van der Waals surface area (Å²) in [5, 5.41) is 2.74. The summed E-state index contributed by atoms with van der Waals surface area (Å²) in [7, 11) is -2.34. The van der Waals surface area contributed by atoms with Gasteiger partial charge in [-0.2, -0.15) is 0 Å². The van der Waals surface area contributed by atoms with Crippen LogP contribution >= 0.6 is 0 Å². The quantitative estimate of drug-likeness (QED) is 0.887. The number of anilines is 2. The number of nitrogens with zero attached hydrogens (tertiary/aromatic N) is 2. The molecule has 0 saturated heterocycles. The molecule has 0 aliphatic heterocycles. The number of nitrogens with one attached hydrogen (secondary N) is 2. The molecule has 0 aliphatic rings. The minimum absolute atomic E-state index is 0.0614. The molecule has 8 heteroatoms. The van der Waals surface area contributed by atoms with E-state index in [1.165, 1.54) is 30.7 Å². The normalized spacial score (nSPS) is 11.1. The zero-order valence-corrected chi connectivity index (χ0v) is 10.8. The van der Waals surface area contributed by atoms with Crippen LogP contribution in [0.5, 0.6) is 0 Å². The van der Waals surface area contributed by atoms with Crippen molar-refractivity contribution in [1.29, 1.82) is 0 Å². The van der Waals surface area contributed by atoms with Gasteiger partial charge in [-0.25, -0.2) is 12.8 Å². The van der Waals surface area contributed by atoms with Crippen LogP contribution in [0.4, 0.5) is 15.8 Å². The van der Waals surface area contributed by atoms with Crippen molar-refractivity contribution in [2.24, 2.45) is 0 Å². The summed E-state index contributed by atoms with van der Waals surface area (Å²) in [5.74, 6) is -0.749. The van der Waals surface area contributed by atoms with E-state index < -0.39 is 15.8 Å². The maximum absolute atomic E-state index is 13.4. The SMILES string of the molecule is CNc1ccncc1S(=O)(=O)Nc1ccncc1F. The van der Waals surface area contributed by atoms with Gasteiger partial charge in [0.15, 0.2) is 5.82 Å². The number of sulfonamides is 1. The molecule has 19 heavy (non-hydrogen) atoms. The van der Waals surface area contributed by atoms with Gasteiger partial charge in [0.05, 0.1) is 17.6 Å². The summed E-state index contributed by atoms with van der Waals surface area (Å²) in [6.07, 6.45) is 4.87. The molecule has 2 N–H and O–H groups in total. The molecule has 2 heterocycles. The van der Waals surface area contributed by atoms with E-state index in [1.807, 2.05) is 0 Å². The van der Waals surface area contributed by atoms with Crippen LogP contribution in [0.2, 0.25) is 0 Å². The Labute approximate surface area is 109 Å². The minimum atomic E-state index is -3.92. The van der Waals surface area contributed by atoms with Crippen LogP contribution in [-0.4, -0.2) is 25.4 Å². The number of pyridine rings is 2. The smallest absolute Gasteiger partial charge is 0.265 e. The lowest BCUT2D eigenvalue weighted by Gasteiger charge is -2.11. The highest BCUT2D eigenvalue weighted by Gasteiger charge is 2.19. The van der Waals surface area contributed by atoms with Gasteiger partial charge in [-0.3, -0.25) is 14.7 Å². The van der Waals surface area contributed by atoms with Crippen molar-refractivity contribution in [3.05, 3.63) is 42.7 Å². The predicted molar refractivity (Wildman–Crippen MR) is 68.8 cm³/mol. The van der Waals surface area contributed by atoms with Crippen molar-refractivity contribution < 1.29 is 12.8 Å². The van der Waals surface area contributed by atoms with E-state index >= 15 is 0 Å². The van der Waals surface area contributed by atoms with Gasteiger partial charge in [-0.1, -0.05) is 0 Å². The maximum atomic E-state index is 13.4. The lowest BCUT2D eigenvalue weighted by molar-refractivity contribution is 0.598. The van der Waals surface area contributed by atoms with Crippen molar-refractivity contribution >= 4 is 21.4 Å². The van der Waals surface area contributed by atoms with Crippen molar-refractivity contribution in [1.82, 2.24) is 9.97 Å². The van der Waals surface area contributed by atoms with Crippen molar-refractivity contribution in [2.75, 3.05) is 17.1 Å². The van der Waals surface area contributed by atoms with Crippen LogP contribution in [0.25, 0.3) is 0 Å². The van der Waals surface area contributed by atoms with Crippen molar-refractivity contribution in [3.63, 3.8) is 0 Å². The van der Waals surface area contributed by atoms with E-state index in [9.17, 15) is 12.8 Å². The summed E-state index contributed by atoms with van der Waals surface area (Å²) in [4.78, 5) is 7.24. The summed E-state index contributed by atoms with van der Waals surface area (Å²) in [6.45, 7) is 0. The number of rotatable bonds is 4. The summed E-state index contributed by atoms with van der Waals surface area (Å²) >= 11 is 0. The standard InChI is InChI=1S/C11H11FN4O2S/c1-13-10-3-5-15-7-11(10)19(17,18)16-9-2-4-14-6-8(9)12/h2-7H,1H3,(H,13,15)(H,14,16). The first kappa shape index (κ1) is 13.2. The fraction of sp³-hybridized carbons (Fsp3) is 0.0909. The van der Waals surface area contributed by atoms with E-state index in [0.29, 0.717) is 5.69 Å². The molecule has 2 aromatic rings. The number of hydrogen-bond donors (Lipinski definition) is 2. The monoisotopic (exact) mass is 282 g/mol. The highest BCUT2D eigenvalue weighted by molar-refractivity contribution is 7.92. The van der Waals surface area contributed by atoms with Crippen LogP contribution < -0.4 is 10.0 Å². The molecule has 0 amide bonds. The van der Waals surface area contributed by atoms with E-state index in [-0.39, 0.29) is 10.6 Å². The topological polar surface area (TPSA) is 84.0 Å². The Hall–Kier alpha value is -2.22. The lowest BCUT2D eigenvalue weighted by atomic mass is 10.4. The third-order valence-electron chi connectivity index (χ3n) is 2.36. The third kappa shape index (κ3) is 2.79. The number of halogens is 1. The van der Waals surface area contributed by atoms with Gasteiger partial charge in [-0.15, -0.1) is 0 Å². The molecule has 0 bridgehead atoms. The highest BCUT2D eigenvalue weighted by Crippen LogP contribution is 2.22. The summed E-state index contributed by atoms with van der Waals surface area (Å²) in [5.41, 5.74) is 0.206. The van der Waals surface area contributed by atoms with E-state index in [2.05, 4.69) is 20.0 Å². The van der Waals surface area contributed by atoms with Gasteiger partial charge in [0.25, 0.3) is 10.0 Å². The van der Waals surface area contributed by atoms with Crippen molar-refractivity contribution in [2.45, 2.75) is 4.90 Å². The first-order valence-electron chi connectivity index (χ1n) is 5.28. The fourth-order valence-corrected chi connectivity index (χ4v) is 2.68. The third-order valence-corrected chi connectivity index (χ3v) is 3.75.